The van der Waals surface area contributed by atoms with Crippen LogP contribution in [-0.4, -0.2) is 30.8 Å². The molecule has 6 N–H and O–H groups in total. The van der Waals surface area contributed by atoms with Crippen LogP contribution in [0.15, 0.2) is 52.4 Å². The van der Waals surface area contributed by atoms with Crippen LogP contribution < -0.4 is 22.3 Å². The first-order valence-electron chi connectivity index (χ1n) is 8.26. The van der Waals surface area contributed by atoms with Gasteiger partial charge >= 0.3 is 0 Å². The number of aliphatic hydroxyl groups excluding tert-OH is 1. The monoisotopic (exact) mass is 447 g/mol. The molecule has 0 fully saturated rings. The van der Waals surface area contributed by atoms with Gasteiger partial charge in [-0.1, -0.05) is 23.7 Å². The Kier molecular flexibility index (Phi) is 6.32. The van der Waals surface area contributed by atoms with Gasteiger partial charge in [-0.25, -0.2) is 10.8 Å². The number of thiocarbonyl (C=S) groups is 1. The van der Waals surface area contributed by atoms with E-state index in [1.807, 2.05) is 0 Å². The molecule has 0 amide bonds. The van der Waals surface area contributed by atoms with Gasteiger partial charge in [-0.3, -0.25) is 25.8 Å². The van der Waals surface area contributed by atoms with Gasteiger partial charge in [-0.15, -0.1) is 0 Å². The lowest BCUT2D eigenvalue weighted by Crippen LogP contribution is -2.38. The largest absolute Gasteiger partial charge is 0.382 e. The van der Waals surface area contributed by atoms with Crippen molar-refractivity contribution in [2.24, 2.45) is 10.9 Å². The van der Waals surface area contributed by atoms with Gasteiger partial charge in [0, 0.05) is 17.2 Å². The van der Waals surface area contributed by atoms with Crippen LogP contribution >= 0.6 is 23.8 Å². The summed E-state index contributed by atoms with van der Waals surface area (Å²) in [5, 5.41) is 26.2. The van der Waals surface area contributed by atoms with Gasteiger partial charge in [0.05, 0.1) is 16.0 Å². The van der Waals surface area contributed by atoms with Crippen molar-refractivity contribution in [2.75, 3.05) is 0 Å². The third-order valence-electron chi connectivity index (χ3n) is 3.96. The number of benzene rings is 2. The van der Waals surface area contributed by atoms with Crippen molar-refractivity contribution in [3.8, 4) is 0 Å². The highest BCUT2D eigenvalue weighted by Gasteiger charge is 2.24. The maximum atomic E-state index is 12.6. The number of aliphatic hydroxyl groups is 1. The second-order valence-electron chi connectivity index (χ2n) is 5.91. The van der Waals surface area contributed by atoms with Crippen molar-refractivity contribution in [1.82, 2.24) is 20.8 Å². The van der Waals surface area contributed by atoms with Gasteiger partial charge in [0.2, 0.25) is 5.11 Å². The van der Waals surface area contributed by atoms with E-state index in [0.29, 0.717) is 16.1 Å². The Hall–Kier alpha value is -3.45. The number of fused-ring (bicyclic) bond motifs is 1. The van der Waals surface area contributed by atoms with Crippen LogP contribution in [0.25, 0.3) is 11.0 Å². The Bertz CT molecular complexity index is 1230. The summed E-state index contributed by atoms with van der Waals surface area (Å²) in [6, 6.07) is 9.95. The van der Waals surface area contributed by atoms with E-state index in [2.05, 4.69) is 25.9 Å². The molecule has 30 heavy (non-hydrogen) atoms. The number of nitrogens with one attached hydrogen (secondary N) is 3. The number of hydrazine groups is 1. The van der Waals surface area contributed by atoms with Gasteiger partial charge in [0.25, 0.3) is 11.2 Å². The van der Waals surface area contributed by atoms with Crippen LogP contribution in [0.3, 0.4) is 0 Å². The number of H-pyrrole nitrogens is 1. The number of aromatic amines is 1. The fourth-order valence-electron chi connectivity index (χ4n) is 2.59. The van der Waals surface area contributed by atoms with Gasteiger partial charge in [-0.2, -0.15) is 5.10 Å². The number of non-ortho nitro benzene ring substituents is 1. The van der Waals surface area contributed by atoms with Gasteiger partial charge < -0.3 is 10.1 Å². The van der Waals surface area contributed by atoms with Crippen molar-refractivity contribution in [3.63, 3.8) is 0 Å². The third-order valence-corrected chi connectivity index (χ3v) is 4.41. The smallest absolute Gasteiger partial charge is 0.276 e. The number of nitro benzene ring substituents is 1. The molecule has 3 aromatic rings. The molecule has 154 valence electrons. The van der Waals surface area contributed by atoms with Gasteiger partial charge in [0.15, 0.2) is 5.69 Å². The van der Waals surface area contributed by atoms with Crippen LogP contribution in [0.2, 0.25) is 5.02 Å². The Morgan fingerprint density at radius 2 is 2.13 bits per heavy atom. The van der Waals surface area contributed by atoms with E-state index in [9.17, 15) is 20.0 Å². The van der Waals surface area contributed by atoms with Crippen LogP contribution in [-0.2, 0) is 0 Å². The highest BCUT2D eigenvalue weighted by atomic mass is 35.5. The highest BCUT2D eigenvalue weighted by molar-refractivity contribution is 7.80. The van der Waals surface area contributed by atoms with E-state index < -0.39 is 16.6 Å². The first-order valence-corrected chi connectivity index (χ1v) is 9.05. The predicted octanol–water partition coefficient (Wildman–Crippen LogP) is 1.26. The first-order chi connectivity index (χ1) is 14.3. The van der Waals surface area contributed by atoms with Crippen molar-refractivity contribution in [2.45, 2.75) is 6.10 Å². The molecule has 0 aliphatic rings. The average molecular weight is 448 g/mol. The Balaban J connectivity index is 2.15. The Labute approximate surface area is 178 Å². The molecule has 0 aliphatic heterocycles. The number of hydrazone groups is 1. The minimum Gasteiger partial charge on any atom is -0.382 e. The summed E-state index contributed by atoms with van der Waals surface area (Å²) < 4.78 is 0. The van der Waals surface area contributed by atoms with E-state index in [-0.39, 0.29) is 27.8 Å². The van der Waals surface area contributed by atoms with Crippen LogP contribution in [0.5, 0.6) is 0 Å². The number of aromatic nitrogens is 2. The number of nitrogens with two attached hydrogens (primary N) is 1. The summed E-state index contributed by atoms with van der Waals surface area (Å²) in [5.74, 6) is 5.20. The Morgan fingerprint density at radius 3 is 2.83 bits per heavy atom. The molecule has 1 atom stereocenters. The van der Waals surface area contributed by atoms with Crippen LogP contribution in [0.1, 0.15) is 17.4 Å². The van der Waals surface area contributed by atoms with Crippen LogP contribution in [0, 0.1) is 10.1 Å². The quantitative estimate of drug-likeness (QED) is 0.127. The molecule has 1 heterocycles. The zero-order chi connectivity index (χ0) is 21.8. The lowest BCUT2D eigenvalue weighted by atomic mass is 10.0. The molecule has 0 spiro atoms. The normalized spacial score (nSPS) is 12.4. The molecule has 1 aromatic heterocycles. The molecule has 2 aromatic carbocycles. The highest BCUT2D eigenvalue weighted by Crippen LogP contribution is 2.23. The SMILES string of the molecule is NNC(=S)N/N=C(\c1nc2ccc(Cl)cc2[nH]c1=O)[C@H](O)c1cccc([N+](=O)[O-])c1. The predicted molar refractivity (Wildman–Crippen MR) is 115 cm³/mol. The van der Waals surface area contributed by atoms with Crippen molar-refractivity contribution in [1.29, 1.82) is 0 Å². The maximum absolute atomic E-state index is 12.6. The van der Waals surface area contributed by atoms with E-state index in [0.717, 1.165) is 6.07 Å². The topological polar surface area (TPSA) is 172 Å². The van der Waals surface area contributed by atoms with E-state index in [4.69, 9.17) is 29.7 Å². The summed E-state index contributed by atoms with van der Waals surface area (Å²) in [6.07, 6.45) is -1.55. The zero-order valence-corrected chi connectivity index (χ0v) is 16.6. The summed E-state index contributed by atoms with van der Waals surface area (Å²) in [4.78, 5) is 30.0. The second kappa shape index (κ2) is 8.92. The van der Waals surface area contributed by atoms with E-state index >= 15 is 0 Å². The third kappa shape index (κ3) is 4.58. The number of hydrogen-bond donors (Lipinski definition) is 5. The summed E-state index contributed by atoms with van der Waals surface area (Å²) in [6.45, 7) is 0. The number of hydrogen-bond acceptors (Lipinski definition) is 8. The molecule has 11 nitrogen and oxygen atoms in total. The van der Waals surface area contributed by atoms with Crippen molar-refractivity contribution in [3.05, 3.63) is 79.2 Å². The van der Waals surface area contributed by atoms with Crippen molar-refractivity contribution < 1.29 is 10.0 Å². The molecule has 0 bridgehead atoms. The first kappa shape index (κ1) is 21.3. The standard InChI is InChI=1S/C17H14ClN7O4S/c18-9-4-5-11-12(7-9)21-16(27)14(20-11)13(23-24-17(30)22-19)15(26)8-2-1-3-10(6-8)25(28)29/h1-7,15,26H,19H2,(H,21,27)(H2,22,24,30)/b23-13+/t15-/m1/s1. The van der Waals surface area contributed by atoms with E-state index in [1.165, 1.54) is 24.3 Å². The molecule has 13 heteroatoms. The summed E-state index contributed by atoms with van der Waals surface area (Å²) in [5.41, 5.74) is 4.04. The van der Waals surface area contributed by atoms with Gasteiger partial charge in [0.1, 0.15) is 11.8 Å². The average Bonchev–Trinajstić information content (AvgIpc) is 2.73. The molecule has 3 rings (SSSR count). The number of rotatable bonds is 5. The minimum atomic E-state index is -1.55. The molecule has 0 unspecified atom stereocenters. The second-order valence-corrected chi connectivity index (χ2v) is 6.76. The molecule has 0 aliphatic carbocycles. The fraction of sp³-hybridized carbons (Fsp3) is 0.0588. The Morgan fingerprint density at radius 1 is 1.37 bits per heavy atom. The molecule has 0 radical (unpaired) electrons. The lowest BCUT2D eigenvalue weighted by molar-refractivity contribution is -0.385. The van der Waals surface area contributed by atoms with E-state index in [1.54, 1.807) is 12.1 Å². The van der Waals surface area contributed by atoms with Gasteiger partial charge in [-0.05, 0) is 36.0 Å². The van der Waals surface area contributed by atoms with Crippen LogP contribution in [0.4, 0.5) is 5.69 Å². The number of nitrogens with zero attached hydrogens (tertiary/aromatic N) is 3. The lowest BCUT2D eigenvalue weighted by Gasteiger charge is -2.14. The number of nitro groups is 1. The minimum absolute atomic E-state index is 0.0947. The summed E-state index contributed by atoms with van der Waals surface area (Å²) in [7, 11) is 0. The molecule has 0 saturated heterocycles. The molecular formula is C17H14ClN7O4S. The summed E-state index contributed by atoms with van der Waals surface area (Å²) >= 11 is 10.8. The number of halogens is 1. The molecular weight excluding hydrogens is 434 g/mol. The maximum Gasteiger partial charge on any atom is 0.276 e. The fourth-order valence-corrected chi connectivity index (χ4v) is 2.80. The molecule has 0 saturated carbocycles. The van der Waals surface area contributed by atoms with Crippen molar-refractivity contribution >= 4 is 51.4 Å². The zero-order valence-electron chi connectivity index (χ0n) is 15.0.